The summed E-state index contributed by atoms with van der Waals surface area (Å²) >= 11 is 0. The number of benzene rings is 1. The highest BCUT2D eigenvalue weighted by Gasteiger charge is 2.27. The van der Waals surface area contributed by atoms with E-state index in [1.165, 1.54) is 0 Å². The third-order valence-corrected chi connectivity index (χ3v) is 4.87. The minimum absolute atomic E-state index is 0.164. The van der Waals surface area contributed by atoms with Crippen LogP contribution in [0.25, 0.3) is 0 Å². The second-order valence-corrected chi connectivity index (χ2v) is 7.33. The summed E-state index contributed by atoms with van der Waals surface area (Å²) in [5.74, 6) is -1.28. The van der Waals surface area contributed by atoms with Gasteiger partial charge in [0.25, 0.3) is 0 Å². The Bertz CT molecular complexity index is 853. The number of carbonyl (C=O) groups excluding carboxylic acids is 3. The number of Topliss-reactive ketones (excluding diaryl/α,β-unsaturated/α-hetero) is 1. The van der Waals surface area contributed by atoms with E-state index in [0.717, 1.165) is 17.0 Å². The summed E-state index contributed by atoms with van der Waals surface area (Å²) < 4.78 is 7.14. The van der Waals surface area contributed by atoms with Gasteiger partial charge in [0.15, 0.2) is 6.61 Å². The zero-order valence-corrected chi connectivity index (χ0v) is 17.1. The van der Waals surface area contributed by atoms with Gasteiger partial charge in [0.05, 0.1) is 6.42 Å². The molecule has 1 aromatic carbocycles. The van der Waals surface area contributed by atoms with Gasteiger partial charge in [0.2, 0.25) is 11.7 Å². The molecule has 0 aliphatic heterocycles. The van der Waals surface area contributed by atoms with Gasteiger partial charge in [-0.2, -0.15) is 0 Å². The number of carbonyl (C=O) groups is 3. The van der Waals surface area contributed by atoms with Crippen LogP contribution in [-0.2, 0) is 27.8 Å². The van der Waals surface area contributed by atoms with E-state index >= 15 is 0 Å². The Morgan fingerprint density at radius 1 is 1.11 bits per heavy atom. The molecule has 1 aromatic heterocycles. The molecule has 1 atom stereocenters. The molecule has 1 N–H and O–H groups in total. The van der Waals surface area contributed by atoms with Gasteiger partial charge in [-0.3, -0.25) is 9.59 Å². The predicted molar refractivity (Wildman–Crippen MR) is 107 cm³/mol. The van der Waals surface area contributed by atoms with Crippen LogP contribution in [0.3, 0.4) is 0 Å². The molecule has 6 nitrogen and oxygen atoms in total. The van der Waals surface area contributed by atoms with Crippen molar-refractivity contribution in [3.05, 3.63) is 58.9 Å². The molecule has 0 fully saturated rings. The molecular formula is C22H28N2O4. The molecule has 0 spiro atoms. The molecule has 0 bridgehead atoms. The van der Waals surface area contributed by atoms with Gasteiger partial charge in [0.1, 0.15) is 6.04 Å². The maximum Gasteiger partial charge on any atom is 0.329 e. The summed E-state index contributed by atoms with van der Waals surface area (Å²) in [6.45, 7) is 7.05. The van der Waals surface area contributed by atoms with Crippen molar-refractivity contribution >= 4 is 17.7 Å². The summed E-state index contributed by atoms with van der Waals surface area (Å²) in [5, 5.41) is 2.72. The Morgan fingerprint density at radius 2 is 1.75 bits per heavy atom. The highest BCUT2D eigenvalue weighted by Crippen LogP contribution is 2.14. The zero-order valence-electron chi connectivity index (χ0n) is 17.1. The molecule has 0 saturated carbocycles. The van der Waals surface area contributed by atoms with E-state index in [1.807, 2.05) is 69.6 Å². The summed E-state index contributed by atoms with van der Waals surface area (Å²) in [7, 11) is 1.88. The van der Waals surface area contributed by atoms with Crippen molar-refractivity contribution in [1.82, 2.24) is 9.88 Å². The molecule has 2 aromatic rings. The predicted octanol–water partition coefficient (Wildman–Crippen LogP) is 2.75. The van der Waals surface area contributed by atoms with Crippen LogP contribution in [0.15, 0.2) is 36.4 Å². The van der Waals surface area contributed by atoms with E-state index in [9.17, 15) is 14.4 Å². The number of aryl methyl sites for hydroxylation is 1. The van der Waals surface area contributed by atoms with E-state index in [0.29, 0.717) is 5.56 Å². The Hall–Kier alpha value is -2.89. The van der Waals surface area contributed by atoms with Crippen LogP contribution >= 0.6 is 0 Å². The first kappa shape index (κ1) is 21.4. The lowest BCUT2D eigenvalue weighted by Crippen LogP contribution is -2.46. The maximum atomic E-state index is 12.5. The van der Waals surface area contributed by atoms with Crippen molar-refractivity contribution in [2.24, 2.45) is 13.0 Å². The van der Waals surface area contributed by atoms with Gasteiger partial charge in [-0.15, -0.1) is 0 Å². The smallest absolute Gasteiger partial charge is 0.329 e. The van der Waals surface area contributed by atoms with Crippen LogP contribution < -0.4 is 5.32 Å². The normalized spacial score (nSPS) is 11.9. The molecule has 0 unspecified atom stereocenters. The molecule has 1 heterocycles. The van der Waals surface area contributed by atoms with Crippen LogP contribution in [0.1, 0.15) is 41.2 Å². The van der Waals surface area contributed by atoms with Crippen LogP contribution in [0.4, 0.5) is 0 Å². The van der Waals surface area contributed by atoms with Crippen LogP contribution in [-0.4, -0.2) is 34.9 Å². The number of nitrogens with zero attached hydrogens (tertiary/aromatic N) is 1. The van der Waals surface area contributed by atoms with Gasteiger partial charge < -0.3 is 14.6 Å². The molecule has 6 heteroatoms. The molecule has 1 amide bonds. The minimum Gasteiger partial charge on any atom is -0.456 e. The lowest BCUT2D eigenvalue weighted by Gasteiger charge is -2.20. The average molecular weight is 384 g/mol. The monoisotopic (exact) mass is 384 g/mol. The number of ketones is 1. The Kier molecular flexibility index (Phi) is 7.15. The summed E-state index contributed by atoms with van der Waals surface area (Å²) in [4.78, 5) is 37.2. The molecule has 0 radical (unpaired) electrons. The van der Waals surface area contributed by atoms with E-state index in [2.05, 4.69) is 5.32 Å². The summed E-state index contributed by atoms with van der Waals surface area (Å²) in [6, 6.07) is 10.3. The van der Waals surface area contributed by atoms with Crippen LogP contribution in [0.2, 0.25) is 0 Å². The quantitative estimate of drug-likeness (QED) is 0.561. The number of hydrogen-bond donors (Lipinski definition) is 1. The van der Waals surface area contributed by atoms with Crippen LogP contribution in [0.5, 0.6) is 0 Å². The molecule has 0 saturated heterocycles. The van der Waals surface area contributed by atoms with Gasteiger partial charge >= 0.3 is 5.97 Å². The number of hydrogen-bond acceptors (Lipinski definition) is 4. The Labute approximate surface area is 165 Å². The second kappa shape index (κ2) is 9.35. The number of amides is 1. The molecule has 2 rings (SSSR count). The SMILES string of the molecule is Cc1cc(C(=O)COC(=O)[C@@H](NC(=O)Cc2ccccc2)C(C)C)c(C)n1C. The van der Waals surface area contributed by atoms with Crippen molar-refractivity contribution in [3.8, 4) is 0 Å². The Morgan fingerprint density at radius 3 is 2.29 bits per heavy atom. The fourth-order valence-electron chi connectivity index (χ4n) is 2.95. The number of esters is 1. The fraction of sp³-hybridized carbons (Fsp3) is 0.409. The Balaban J connectivity index is 1.95. The second-order valence-electron chi connectivity index (χ2n) is 7.33. The van der Waals surface area contributed by atoms with E-state index in [-0.39, 0.29) is 30.6 Å². The summed E-state index contributed by atoms with van der Waals surface area (Å²) in [6.07, 6.45) is 0.179. The van der Waals surface area contributed by atoms with Crippen molar-refractivity contribution in [2.45, 2.75) is 40.2 Å². The molecule has 150 valence electrons. The van der Waals surface area contributed by atoms with E-state index < -0.39 is 12.0 Å². The first-order valence-electron chi connectivity index (χ1n) is 9.36. The van der Waals surface area contributed by atoms with Crippen molar-refractivity contribution < 1.29 is 19.1 Å². The third kappa shape index (κ3) is 5.31. The van der Waals surface area contributed by atoms with Crippen molar-refractivity contribution in [1.29, 1.82) is 0 Å². The largest absolute Gasteiger partial charge is 0.456 e. The van der Waals surface area contributed by atoms with Gasteiger partial charge in [-0.1, -0.05) is 44.2 Å². The topological polar surface area (TPSA) is 77.4 Å². The first-order chi connectivity index (χ1) is 13.2. The minimum atomic E-state index is -0.803. The fourth-order valence-corrected chi connectivity index (χ4v) is 2.95. The lowest BCUT2D eigenvalue weighted by molar-refractivity contribution is -0.148. The highest BCUT2D eigenvalue weighted by atomic mass is 16.5. The number of nitrogens with one attached hydrogen (secondary N) is 1. The van der Waals surface area contributed by atoms with E-state index in [4.69, 9.17) is 4.74 Å². The van der Waals surface area contributed by atoms with Gasteiger partial charge in [-0.25, -0.2) is 4.79 Å². The number of aromatic nitrogens is 1. The summed E-state index contributed by atoms with van der Waals surface area (Å²) in [5.41, 5.74) is 3.19. The highest BCUT2D eigenvalue weighted by molar-refractivity contribution is 5.99. The average Bonchev–Trinajstić information content (AvgIpc) is 2.92. The van der Waals surface area contributed by atoms with Crippen molar-refractivity contribution in [2.75, 3.05) is 6.61 Å². The van der Waals surface area contributed by atoms with Crippen molar-refractivity contribution in [3.63, 3.8) is 0 Å². The number of ether oxygens (including phenoxy) is 1. The molecule has 0 aliphatic carbocycles. The van der Waals surface area contributed by atoms with Crippen LogP contribution in [0, 0.1) is 19.8 Å². The standard InChI is InChI=1S/C22H28N2O4/c1-14(2)21(23-20(26)12-17-9-7-6-8-10-17)22(27)28-13-19(25)18-11-15(3)24(5)16(18)4/h6-11,14,21H,12-13H2,1-5H3,(H,23,26)/t21-/m0/s1. The van der Waals surface area contributed by atoms with Gasteiger partial charge in [0, 0.05) is 24.0 Å². The lowest BCUT2D eigenvalue weighted by atomic mass is 10.0. The molecular weight excluding hydrogens is 356 g/mol. The van der Waals surface area contributed by atoms with E-state index in [1.54, 1.807) is 6.07 Å². The number of rotatable bonds is 8. The molecule has 0 aliphatic rings. The maximum absolute atomic E-state index is 12.5. The van der Waals surface area contributed by atoms with Gasteiger partial charge in [-0.05, 0) is 31.4 Å². The molecule has 28 heavy (non-hydrogen) atoms. The first-order valence-corrected chi connectivity index (χ1v) is 9.36. The zero-order chi connectivity index (χ0) is 20.8. The third-order valence-electron chi connectivity index (χ3n) is 4.87.